The monoisotopic (exact) mass is 368 g/mol. The maximum atomic E-state index is 12.9. The zero-order valence-electron chi connectivity index (χ0n) is 15.0. The Morgan fingerprint density at radius 1 is 0.885 bits per heavy atom. The van der Waals surface area contributed by atoms with Crippen LogP contribution in [0.3, 0.4) is 0 Å². The minimum absolute atomic E-state index is 0.0967. The average Bonchev–Trinajstić information content (AvgIpc) is 2.63. The number of carbonyl (C=O) groups excluding carboxylic acids is 3. The van der Waals surface area contributed by atoms with Crippen LogP contribution in [0.25, 0.3) is 0 Å². The molecule has 0 spiro atoms. The van der Waals surface area contributed by atoms with Crippen LogP contribution in [0.2, 0.25) is 0 Å². The summed E-state index contributed by atoms with van der Waals surface area (Å²) in [7, 11) is 0. The number of hydrogen-bond acceptors (Lipinski definition) is 3. The van der Waals surface area contributed by atoms with E-state index in [-0.39, 0.29) is 22.2 Å². The lowest BCUT2D eigenvalue weighted by Gasteiger charge is -2.27. The van der Waals surface area contributed by atoms with E-state index < -0.39 is 0 Å². The van der Waals surface area contributed by atoms with Gasteiger partial charge >= 0.3 is 0 Å². The number of unbranched alkanes of at least 4 members (excludes halogenated alkanes) is 1. The number of halogens is 1. The Bertz CT molecular complexity index is 896. The summed E-state index contributed by atoms with van der Waals surface area (Å²) in [6.45, 7) is 4.22. The predicted molar refractivity (Wildman–Crippen MR) is 102 cm³/mol. The van der Waals surface area contributed by atoms with Crippen molar-refractivity contribution in [3.05, 3.63) is 70.3 Å². The minimum atomic E-state index is -0.306. The fourth-order valence-electron chi connectivity index (χ4n) is 3.50. The molecule has 0 aromatic heterocycles. The second kappa shape index (κ2) is 7.16. The molecule has 0 atom stereocenters. The zero-order valence-corrected chi connectivity index (χ0v) is 15.7. The topological polar surface area (TPSA) is 51.2 Å². The van der Waals surface area contributed by atoms with Gasteiger partial charge in [-0.25, -0.2) is 0 Å². The summed E-state index contributed by atoms with van der Waals surface area (Å²) < 4.78 is 0. The smallest absolute Gasteiger partial charge is 0.221 e. The van der Waals surface area contributed by atoms with Gasteiger partial charge in [0.15, 0.2) is 11.6 Å². The van der Waals surface area contributed by atoms with Crippen molar-refractivity contribution in [2.75, 3.05) is 0 Å². The van der Waals surface area contributed by atoms with E-state index >= 15 is 0 Å². The molecule has 1 aliphatic carbocycles. The molecule has 0 aliphatic heterocycles. The summed E-state index contributed by atoms with van der Waals surface area (Å²) in [4.78, 5) is 36.4. The second-order valence-corrected chi connectivity index (χ2v) is 7.83. The lowest BCUT2D eigenvalue weighted by atomic mass is 9.76. The first-order chi connectivity index (χ1) is 12.3. The normalized spacial score (nSPS) is 13.3. The lowest BCUT2D eigenvalue weighted by molar-refractivity contribution is -0.111. The van der Waals surface area contributed by atoms with Gasteiger partial charge in [0.2, 0.25) is 5.24 Å². The highest BCUT2D eigenvalue weighted by atomic mass is 35.5. The van der Waals surface area contributed by atoms with Gasteiger partial charge in [0.05, 0.1) is 0 Å². The molecule has 3 nitrogen and oxygen atoms in total. The van der Waals surface area contributed by atoms with E-state index in [2.05, 4.69) is 13.8 Å². The molecule has 0 saturated carbocycles. The SMILES string of the molecule is CC(C)(CCCCC(=O)Cl)c1ccc2c(c1)C(=O)c1ccccc1C2=O. The van der Waals surface area contributed by atoms with Crippen LogP contribution >= 0.6 is 11.6 Å². The van der Waals surface area contributed by atoms with Gasteiger partial charge in [-0.15, -0.1) is 0 Å². The highest BCUT2D eigenvalue weighted by Crippen LogP contribution is 2.34. The molecule has 4 heteroatoms. The van der Waals surface area contributed by atoms with Crippen LogP contribution in [0, 0.1) is 0 Å². The van der Waals surface area contributed by atoms with Crippen molar-refractivity contribution in [3.63, 3.8) is 0 Å². The van der Waals surface area contributed by atoms with E-state index in [1.165, 1.54) is 0 Å². The molecule has 1 aliphatic rings. The van der Waals surface area contributed by atoms with E-state index in [1.54, 1.807) is 30.3 Å². The van der Waals surface area contributed by atoms with Gasteiger partial charge in [-0.2, -0.15) is 0 Å². The highest BCUT2D eigenvalue weighted by Gasteiger charge is 2.31. The number of fused-ring (bicyclic) bond motifs is 2. The fraction of sp³-hybridized carbons (Fsp3) is 0.318. The van der Waals surface area contributed by atoms with Gasteiger partial charge in [0.1, 0.15) is 0 Å². The van der Waals surface area contributed by atoms with Crippen molar-refractivity contribution in [1.29, 1.82) is 0 Å². The molecule has 2 aromatic rings. The molecule has 0 fully saturated rings. The van der Waals surface area contributed by atoms with Crippen LogP contribution in [0.5, 0.6) is 0 Å². The number of rotatable bonds is 6. The Morgan fingerprint density at radius 2 is 1.46 bits per heavy atom. The van der Waals surface area contributed by atoms with Crippen LogP contribution in [0.15, 0.2) is 42.5 Å². The van der Waals surface area contributed by atoms with Gasteiger partial charge in [-0.3, -0.25) is 14.4 Å². The predicted octanol–water partition coefficient (Wildman–Crippen LogP) is 5.07. The largest absolute Gasteiger partial charge is 0.289 e. The summed E-state index contributed by atoms with van der Waals surface area (Å²) in [5, 5.41) is -0.306. The third-order valence-corrected chi connectivity index (χ3v) is 5.32. The second-order valence-electron chi connectivity index (χ2n) is 7.41. The fourth-order valence-corrected chi connectivity index (χ4v) is 3.63. The van der Waals surface area contributed by atoms with Gasteiger partial charge in [0, 0.05) is 28.7 Å². The number of benzene rings is 2. The molecule has 0 saturated heterocycles. The number of hydrogen-bond donors (Lipinski definition) is 0. The average molecular weight is 369 g/mol. The van der Waals surface area contributed by atoms with Crippen LogP contribution in [-0.2, 0) is 10.2 Å². The maximum absolute atomic E-state index is 12.9. The Morgan fingerprint density at radius 3 is 2.08 bits per heavy atom. The minimum Gasteiger partial charge on any atom is -0.289 e. The van der Waals surface area contributed by atoms with Crippen molar-refractivity contribution < 1.29 is 14.4 Å². The molecule has 3 rings (SSSR count). The summed E-state index contributed by atoms with van der Waals surface area (Å²) in [5.74, 6) is -0.194. The van der Waals surface area contributed by atoms with Gasteiger partial charge in [-0.1, -0.05) is 50.6 Å². The molecule has 2 aromatic carbocycles. The summed E-state index contributed by atoms with van der Waals surface area (Å²) >= 11 is 5.39. The van der Waals surface area contributed by atoms with Crippen molar-refractivity contribution >= 4 is 28.4 Å². The molecular weight excluding hydrogens is 348 g/mol. The van der Waals surface area contributed by atoms with E-state index in [0.717, 1.165) is 24.8 Å². The molecule has 26 heavy (non-hydrogen) atoms. The lowest BCUT2D eigenvalue weighted by Crippen LogP contribution is -2.23. The van der Waals surface area contributed by atoms with Crippen LogP contribution in [-0.4, -0.2) is 16.8 Å². The van der Waals surface area contributed by atoms with Gasteiger partial charge < -0.3 is 0 Å². The maximum Gasteiger partial charge on any atom is 0.221 e. The molecule has 0 N–H and O–H groups in total. The molecule has 0 bridgehead atoms. The quantitative estimate of drug-likeness (QED) is 0.451. The van der Waals surface area contributed by atoms with Gasteiger partial charge in [0.25, 0.3) is 0 Å². The summed E-state index contributed by atoms with van der Waals surface area (Å²) in [5.41, 5.74) is 2.76. The molecular formula is C22H21ClO3. The molecule has 0 unspecified atom stereocenters. The highest BCUT2D eigenvalue weighted by molar-refractivity contribution is 6.63. The first kappa shape index (κ1) is 18.5. The third kappa shape index (κ3) is 3.49. The number of carbonyl (C=O) groups is 3. The van der Waals surface area contributed by atoms with E-state index in [4.69, 9.17) is 11.6 Å². The summed E-state index contributed by atoms with van der Waals surface area (Å²) in [6.07, 6.45) is 2.88. The third-order valence-electron chi connectivity index (χ3n) is 5.13. The Kier molecular flexibility index (Phi) is 5.10. The molecule has 134 valence electrons. The Balaban J connectivity index is 1.88. The van der Waals surface area contributed by atoms with Gasteiger partial charge in [-0.05, 0) is 47.6 Å². The van der Waals surface area contributed by atoms with Crippen molar-refractivity contribution in [2.24, 2.45) is 0 Å². The van der Waals surface area contributed by atoms with Crippen molar-refractivity contribution in [1.82, 2.24) is 0 Å². The number of ketones is 2. The Hall–Kier alpha value is -2.26. The van der Waals surface area contributed by atoms with E-state index in [0.29, 0.717) is 28.7 Å². The molecule has 0 radical (unpaired) electrons. The molecule has 0 amide bonds. The molecule has 0 heterocycles. The zero-order chi connectivity index (χ0) is 18.9. The first-order valence-corrected chi connectivity index (χ1v) is 9.20. The van der Waals surface area contributed by atoms with Crippen LogP contribution < -0.4 is 0 Å². The first-order valence-electron chi connectivity index (χ1n) is 8.82. The van der Waals surface area contributed by atoms with Crippen molar-refractivity contribution in [2.45, 2.75) is 44.9 Å². The van der Waals surface area contributed by atoms with Crippen LogP contribution in [0.1, 0.15) is 76.9 Å². The van der Waals surface area contributed by atoms with E-state index in [1.807, 2.05) is 12.1 Å². The Labute approximate surface area is 158 Å². The van der Waals surface area contributed by atoms with Crippen LogP contribution in [0.4, 0.5) is 0 Å². The standard InChI is InChI=1S/C22H21ClO3/c1-22(2,12-6-5-9-19(23)24)14-10-11-17-18(13-14)21(26)16-8-4-3-7-15(16)20(17)25/h3-4,7-8,10-11,13H,5-6,9,12H2,1-2H3. The van der Waals surface area contributed by atoms with Crippen molar-refractivity contribution in [3.8, 4) is 0 Å². The van der Waals surface area contributed by atoms with E-state index in [9.17, 15) is 14.4 Å². The summed E-state index contributed by atoms with van der Waals surface area (Å²) in [6, 6.07) is 12.5.